The number of anilines is 4. The van der Waals surface area contributed by atoms with Crippen molar-refractivity contribution in [1.82, 2.24) is 4.98 Å². The molecule has 0 aliphatic heterocycles. The van der Waals surface area contributed by atoms with Crippen LogP contribution in [0.25, 0.3) is 0 Å². The van der Waals surface area contributed by atoms with Gasteiger partial charge in [0.1, 0.15) is 5.82 Å². The molecule has 3 rings (SSSR count). The van der Waals surface area contributed by atoms with E-state index in [0.29, 0.717) is 11.4 Å². The third-order valence-corrected chi connectivity index (χ3v) is 5.18. The van der Waals surface area contributed by atoms with Crippen LogP contribution in [-0.2, 0) is 14.8 Å². The zero-order valence-corrected chi connectivity index (χ0v) is 16.2. The second-order valence-corrected chi connectivity index (χ2v) is 7.92. The highest BCUT2D eigenvalue weighted by atomic mass is 32.2. The van der Waals surface area contributed by atoms with Crippen molar-refractivity contribution in [1.29, 1.82) is 0 Å². The highest BCUT2D eigenvalue weighted by molar-refractivity contribution is 7.92. The van der Waals surface area contributed by atoms with Crippen molar-refractivity contribution in [2.75, 3.05) is 15.4 Å². The number of aryl methyl sites for hydroxylation is 1. The fourth-order valence-corrected chi connectivity index (χ4v) is 3.50. The monoisotopic (exact) mass is 396 g/mol. The zero-order valence-electron chi connectivity index (χ0n) is 15.4. The van der Waals surface area contributed by atoms with Crippen molar-refractivity contribution in [3.05, 3.63) is 72.4 Å². The van der Waals surface area contributed by atoms with E-state index in [1.807, 2.05) is 19.1 Å². The lowest BCUT2D eigenvalue weighted by Gasteiger charge is -2.10. The summed E-state index contributed by atoms with van der Waals surface area (Å²) in [6.07, 6.45) is 1.53. The molecule has 0 saturated heterocycles. The van der Waals surface area contributed by atoms with Gasteiger partial charge in [-0.25, -0.2) is 13.4 Å². The Morgan fingerprint density at radius 1 is 0.929 bits per heavy atom. The van der Waals surface area contributed by atoms with E-state index in [2.05, 4.69) is 20.3 Å². The highest BCUT2D eigenvalue weighted by Gasteiger charge is 2.14. The molecule has 0 saturated carbocycles. The molecule has 1 aromatic heterocycles. The van der Waals surface area contributed by atoms with E-state index < -0.39 is 10.0 Å². The number of nitrogens with one attached hydrogen (secondary N) is 3. The summed E-state index contributed by atoms with van der Waals surface area (Å²) >= 11 is 0. The first kappa shape index (κ1) is 19.4. The number of carbonyl (C=O) groups excluding carboxylic acids is 1. The summed E-state index contributed by atoms with van der Waals surface area (Å²) in [4.78, 5) is 15.5. The van der Waals surface area contributed by atoms with E-state index >= 15 is 0 Å². The van der Waals surface area contributed by atoms with E-state index in [0.717, 1.165) is 11.3 Å². The van der Waals surface area contributed by atoms with Gasteiger partial charge in [0, 0.05) is 18.3 Å². The van der Waals surface area contributed by atoms with E-state index in [9.17, 15) is 13.2 Å². The first-order chi connectivity index (χ1) is 13.3. The van der Waals surface area contributed by atoms with Gasteiger partial charge in [-0.3, -0.25) is 9.52 Å². The lowest BCUT2D eigenvalue weighted by molar-refractivity contribution is -0.114. The van der Waals surface area contributed by atoms with Crippen LogP contribution in [-0.4, -0.2) is 19.3 Å². The Kier molecular flexibility index (Phi) is 5.60. The fraction of sp³-hybridized carbons (Fsp3) is 0.100. The van der Waals surface area contributed by atoms with E-state index in [1.54, 1.807) is 48.5 Å². The lowest BCUT2D eigenvalue weighted by atomic mass is 10.2. The summed E-state index contributed by atoms with van der Waals surface area (Å²) in [6.45, 7) is 3.34. The molecule has 7 nitrogen and oxygen atoms in total. The summed E-state index contributed by atoms with van der Waals surface area (Å²) in [7, 11) is -3.69. The average molecular weight is 396 g/mol. The standard InChI is InChI=1S/C20H20N4O3S/c1-14-6-9-19(10-7-14)28(26,27)24-20-11-8-18(13-21-20)23-17-5-3-4-16(12-17)22-15(2)25/h3-13,23H,1-2H3,(H,21,24)(H,22,25). The van der Waals surface area contributed by atoms with Crippen molar-refractivity contribution in [2.45, 2.75) is 18.7 Å². The molecule has 3 aromatic rings. The summed E-state index contributed by atoms with van der Waals surface area (Å²) in [6, 6.07) is 17.1. The summed E-state index contributed by atoms with van der Waals surface area (Å²) < 4.78 is 27.3. The molecule has 0 fully saturated rings. The van der Waals surface area contributed by atoms with Crippen LogP contribution in [0.15, 0.2) is 71.8 Å². The molecule has 0 spiro atoms. The number of benzene rings is 2. The second kappa shape index (κ2) is 8.10. The second-order valence-electron chi connectivity index (χ2n) is 6.24. The first-order valence-electron chi connectivity index (χ1n) is 8.52. The number of carbonyl (C=O) groups is 1. The van der Waals surface area contributed by atoms with Gasteiger partial charge in [-0.1, -0.05) is 23.8 Å². The molecule has 0 bridgehead atoms. The Morgan fingerprint density at radius 3 is 2.29 bits per heavy atom. The number of hydrogen-bond donors (Lipinski definition) is 3. The number of nitrogens with zero attached hydrogens (tertiary/aromatic N) is 1. The molecule has 0 radical (unpaired) electrons. The Bertz CT molecular complexity index is 1080. The summed E-state index contributed by atoms with van der Waals surface area (Å²) in [5, 5.41) is 5.87. The van der Waals surface area contributed by atoms with E-state index in [-0.39, 0.29) is 16.6 Å². The van der Waals surface area contributed by atoms with E-state index in [4.69, 9.17) is 0 Å². The number of amides is 1. The molecule has 8 heteroatoms. The van der Waals surface area contributed by atoms with Gasteiger partial charge in [-0.05, 0) is 49.4 Å². The smallest absolute Gasteiger partial charge is 0.263 e. The van der Waals surface area contributed by atoms with Crippen molar-refractivity contribution in [3.63, 3.8) is 0 Å². The van der Waals surface area contributed by atoms with E-state index in [1.165, 1.54) is 13.1 Å². The summed E-state index contributed by atoms with van der Waals surface area (Å²) in [5.41, 5.74) is 3.10. The van der Waals surface area contributed by atoms with Gasteiger partial charge in [0.05, 0.1) is 16.8 Å². The summed E-state index contributed by atoms with van der Waals surface area (Å²) in [5.74, 6) is 0.0714. The third kappa shape index (κ3) is 5.08. The Hall–Kier alpha value is -3.39. The molecule has 0 aliphatic rings. The molecule has 1 amide bonds. The molecule has 3 N–H and O–H groups in total. The van der Waals surface area contributed by atoms with Gasteiger partial charge in [-0.15, -0.1) is 0 Å². The zero-order chi connectivity index (χ0) is 20.1. The van der Waals surface area contributed by atoms with Crippen LogP contribution in [0.3, 0.4) is 0 Å². The predicted molar refractivity (Wildman–Crippen MR) is 110 cm³/mol. The number of rotatable bonds is 6. The maximum absolute atomic E-state index is 12.4. The van der Waals surface area contributed by atoms with Crippen molar-refractivity contribution >= 4 is 38.8 Å². The van der Waals surface area contributed by atoms with Crippen molar-refractivity contribution in [3.8, 4) is 0 Å². The fourth-order valence-electron chi connectivity index (χ4n) is 2.49. The number of sulfonamides is 1. The normalized spacial score (nSPS) is 10.9. The first-order valence-corrected chi connectivity index (χ1v) is 10.0. The molecule has 0 atom stereocenters. The maximum atomic E-state index is 12.4. The topological polar surface area (TPSA) is 100 Å². The van der Waals surface area contributed by atoms with Crippen LogP contribution < -0.4 is 15.4 Å². The minimum atomic E-state index is -3.69. The molecule has 0 aliphatic carbocycles. The van der Waals surface area contributed by atoms with Crippen LogP contribution >= 0.6 is 0 Å². The Morgan fingerprint density at radius 2 is 1.64 bits per heavy atom. The van der Waals surface area contributed by atoms with Gasteiger partial charge in [-0.2, -0.15) is 0 Å². The van der Waals surface area contributed by atoms with Crippen molar-refractivity contribution in [2.24, 2.45) is 0 Å². The molecular formula is C20H20N4O3S. The number of hydrogen-bond acceptors (Lipinski definition) is 5. The number of pyridine rings is 1. The van der Waals surface area contributed by atoms with Gasteiger partial charge >= 0.3 is 0 Å². The maximum Gasteiger partial charge on any atom is 0.263 e. The minimum absolute atomic E-state index is 0.149. The predicted octanol–water partition coefficient (Wildman–Crippen LogP) is 3.89. The van der Waals surface area contributed by atoms with Crippen LogP contribution in [0, 0.1) is 6.92 Å². The van der Waals surface area contributed by atoms with Gasteiger partial charge in [0.25, 0.3) is 10.0 Å². The molecule has 2 aromatic carbocycles. The molecule has 28 heavy (non-hydrogen) atoms. The highest BCUT2D eigenvalue weighted by Crippen LogP contribution is 2.21. The molecule has 0 unspecified atom stereocenters. The Balaban J connectivity index is 1.70. The van der Waals surface area contributed by atoms with Crippen molar-refractivity contribution < 1.29 is 13.2 Å². The van der Waals surface area contributed by atoms with Gasteiger partial charge < -0.3 is 10.6 Å². The van der Waals surface area contributed by atoms with Crippen LogP contribution in [0.5, 0.6) is 0 Å². The number of aromatic nitrogens is 1. The van der Waals surface area contributed by atoms with Gasteiger partial charge in [0.2, 0.25) is 5.91 Å². The van der Waals surface area contributed by atoms with Crippen LogP contribution in [0.1, 0.15) is 12.5 Å². The van der Waals surface area contributed by atoms with Crippen LogP contribution in [0.2, 0.25) is 0 Å². The Labute approximate surface area is 163 Å². The third-order valence-electron chi connectivity index (χ3n) is 3.81. The largest absolute Gasteiger partial charge is 0.354 e. The average Bonchev–Trinajstić information content (AvgIpc) is 2.63. The molecule has 1 heterocycles. The lowest BCUT2D eigenvalue weighted by Crippen LogP contribution is -2.13. The molecule has 144 valence electrons. The SMILES string of the molecule is CC(=O)Nc1cccc(Nc2ccc(NS(=O)(=O)c3ccc(C)cc3)nc2)c1. The quantitative estimate of drug-likeness (QED) is 0.587. The van der Waals surface area contributed by atoms with Gasteiger partial charge in [0.15, 0.2) is 0 Å². The minimum Gasteiger partial charge on any atom is -0.354 e. The molecular weight excluding hydrogens is 376 g/mol. The van der Waals surface area contributed by atoms with Crippen LogP contribution in [0.4, 0.5) is 22.9 Å².